The van der Waals surface area contributed by atoms with E-state index in [0.29, 0.717) is 5.41 Å². The monoisotopic (exact) mass is 226 g/mol. The molecule has 16 heavy (non-hydrogen) atoms. The number of hydrogen-bond acceptors (Lipinski definition) is 0. The third kappa shape index (κ3) is 4.89. The lowest BCUT2D eigenvalue weighted by Gasteiger charge is -2.37. The minimum atomic E-state index is 0.582. The molecule has 0 aliphatic heterocycles. The largest absolute Gasteiger partial charge is 0.0683 e. The van der Waals surface area contributed by atoms with Gasteiger partial charge in [-0.3, -0.25) is 0 Å². The van der Waals surface area contributed by atoms with Gasteiger partial charge >= 0.3 is 0 Å². The summed E-state index contributed by atoms with van der Waals surface area (Å²) in [5.74, 6) is 1.93. The van der Waals surface area contributed by atoms with Crippen LogP contribution in [-0.4, -0.2) is 0 Å². The van der Waals surface area contributed by atoms with Gasteiger partial charge in [-0.1, -0.05) is 73.6 Å². The van der Waals surface area contributed by atoms with Crippen molar-refractivity contribution in [1.82, 2.24) is 0 Å². The van der Waals surface area contributed by atoms with Crippen LogP contribution in [0.25, 0.3) is 0 Å². The topological polar surface area (TPSA) is 0 Å². The lowest BCUT2D eigenvalue weighted by molar-refractivity contribution is 0.125. The Morgan fingerprint density at radius 3 is 2.12 bits per heavy atom. The van der Waals surface area contributed by atoms with E-state index in [1.807, 2.05) is 13.8 Å². The second-order valence-electron chi connectivity index (χ2n) is 5.96. The zero-order valence-electron chi connectivity index (χ0n) is 12.6. The fourth-order valence-electron chi connectivity index (χ4n) is 3.48. The van der Waals surface area contributed by atoms with Crippen molar-refractivity contribution < 1.29 is 0 Å². The summed E-state index contributed by atoms with van der Waals surface area (Å²) in [6.07, 6.45) is 10.1. The van der Waals surface area contributed by atoms with Gasteiger partial charge in [0.1, 0.15) is 0 Å². The van der Waals surface area contributed by atoms with Gasteiger partial charge in [0.05, 0.1) is 0 Å². The first-order chi connectivity index (χ1) is 7.58. The number of rotatable bonds is 3. The SMILES string of the molecule is CC.CCCC(C)(C)C1CCCCCC1C. The Kier molecular flexibility index (Phi) is 8.14. The van der Waals surface area contributed by atoms with E-state index < -0.39 is 0 Å². The Labute approximate surface area is 104 Å². The highest BCUT2D eigenvalue weighted by Crippen LogP contribution is 2.43. The molecule has 0 aromatic carbocycles. The van der Waals surface area contributed by atoms with Crippen LogP contribution >= 0.6 is 0 Å². The summed E-state index contributed by atoms with van der Waals surface area (Å²) in [6.45, 7) is 13.8. The van der Waals surface area contributed by atoms with Crippen molar-refractivity contribution in [3.63, 3.8) is 0 Å². The molecule has 0 N–H and O–H groups in total. The summed E-state index contributed by atoms with van der Waals surface area (Å²) in [4.78, 5) is 0. The summed E-state index contributed by atoms with van der Waals surface area (Å²) >= 11 is 0. The summed E-state index contributed by atoms with van der Waals surface area (Å²) in [6, 6.07) is 0. The van der Waals surface area contributed by atoms with Crippen LogP contribution < -0.4 is 0 Å². The van der Waals surface area contributed by atoms with E-state index in [0.717, 1.165) is 11.8 Å². The van der Waals surface area contributed by atoms with E-state index in [-0.39, 0.29) is 0 Å². The molecular formula is C16H34. The zero-order valence-corrected chi connectivity index (χ0v) is 12.6. The Balaban J connectivity index is 0.00000106. The predicted octanol–water partition coefficient (Wildman–Crippen LogP) is 6.06. The van der Waals surface area contributed by atoms with Gasteiger partial charge in [0.2, 0.25) is 0 Å². The van der Waals surface area contributed by atoms with Crippen LogP contribution in [0, 0.1) is 17.3 Å². The Hall–Kier alpha value is 0. The van der Waals surface area contributed by atoms with Crippen molar-refractivity contribution in [2.75, 3.05) is 0 Å². The second-order valence-corrected chi connectivity index (χ2v) is 5.96. The molecule has 0 saturated heterocycles. The van der Waals surface area contributed by atoms with E-state index in [9.17, 15) is 0 Å². The van der Waals surface area contributed by atoms with Crippen LogP contribution in [0.3, 0.4) is 0 Å². The van der Waals surface area contributed by atoms with Crippen molar-refractivity contribution in [3.05, 3.63) is 0 Å². The minimum absolute atomic E-state index is 0.582. The first kappa shape index (κ1) is 16.0. The summed E-state index contributed by atoms with van der Waals surface area (Å²) in [5, 5.41) is 0. The summed E-state index contributed by atoms with van der Waals surface area (Å²) in [5.41, 5.74) is 0.582. The first-order valence-corrected chi connectivity index (χ1v) is 7.58. The maximum Gasteiger partial charge on any atom is -0.0323 e. The van der Waals surface area contributed by atoms with Gasteiger partial charge in [-0.2, -0.15) is 0 Å². The third-order valence-corrected chi connectivity index (χ3v) is 4.26. The van der Waals surface area contributed by atoms with Crippen molar-refractivity contribution in [2.24, 2.45) is 17.3 Å². The van der Waals surface area contributed by atoms with Gasteiger partial charge in [0.25, 0.3) is 0 Å². The summed E-state index contributed by atoms with van der Waals surface area (Å²) < 4.78 is 0. The minimum Gasteiger partial charge on any atom is -0.0683 e. The van der Waals surface area contributed by atoms with Gasteiger partial charge < -0.3 is 0 Å². The first-order valence-electron chi connectivity index (χ1n) is 7.58. The molecule has 0 nitrogen and oxygen atoms in total. The lowest BCUT2D eigenvalue weighted by Crippen LogP contribution is -2.28. The van der Waals surface area contributed by atoms with Crippen molar-refractivity contribution in [2.45, 2.75) is 86.5 Å². The van der Waals surface area contributed by atoms with Crippen LogP contribution in [0.1, 0.15) is 86.5 Å². The van der Waals surface area contributed by atoms with Gasteiger partial charge in [-0.25, -0.2) is 0 Å². The molecule has 0 amide bonds. The zero-order chi connectivity index (χ0) is 12.6. The van der Waals surface area contributed by atoms with Crippen molar-refractivity contribution in [3.8, 4) is 0 Å². The van der Waals surface area contributed by atoms with Crippen molar-refractivity contribution in [1.29, 1.82) is 0 Å². The van der Waals surface area contributed by atoms with Gasteiger partial charge in [0.15, 0.2) is 0 Å². The highest BCUT2D eigenvalue weighted by atomic mass is 14.4. The molecular weight excluding hydrogens is 192 g/mol. The van der Waals surface area contributed by atoms with Crippen LogP contribution in [0.2, 0.25) is 0 Å². The standard InChI is InChI=1S/C14H28.C2H6/c1-5-11-14(3,4)13-10-8-6-7-9-12(13)2;1-2/h12-13H,5-11H2,1-4H3;1-2H3. The average Bonchev–Trinajstić information content (AvgIpc) is 2.46. The second kappa shape index (κ2) is 8.14. The predicted molar refractivity (Wildman–Crippen MR) is 75.8 cm³/mol. The maximum atomic E-state index is 2.49. The molecule has 98 valence electrons. The lowest BCUT2D eigenvalue weighted by atomic mass is 9.68. The van der Waals surface area contributed by atoms with Crippen molar-refractivity contribution >= 4 is 0 Å². The molecule has 1 rings (SSSR count). The molecule has 2 unspecified atom stereocenters. The quantitative estimate of drug-likeness (QED) is 0.513. The van der Waals surface area contributed by atoms with Crippen LogP contribution in [0.4, 0.5) is 0 Å². The Morgan fingerprint density at radius 2 is 1.56 bits per heavy atom. The van der Waals surface area contributed by atoms with Gasteiger partial charge in [-0.15, -0.1) is 0 Å². The smallest absolute Gasteiger partial charge is 0.0323 e. The molecule has 2 atom stereocenters. The Morgan fingerprint density at radius 1 is 1.00 bits per heavy atom. The van der Waals surface area contributed by atoms with Crippen LogP contribution in [0.5, 0.6) is 0 Å². The fourth-order valence-corrected chi connectivity index (χ4v) is 3.48. The molecule has 1 aliphatic rings. The molecule has 1 fully saturated rings. The third-order valence-electron chi connectivity index (χ3n) is 4.26. The molecule has 0 heterocycles. The highest BCUT2D eigenvalue weighted by Gasteiger charge is 2.33. The van der Waals surface area contributed by atoms with Gasteiger partial charge in [-0.05, 0) is 30.1 Å². The molecule has 0 bridgehead atoms. The normalized spacial score (nSPS) is 26.6. The van der Waals surface area contributed by atoms with E-state index in [4.69, 9.17) is 0 Å². The highest BCUT2D eigenvalue weighted by molar-refractivity contribution is 4.83. The molecule has 0 radical (unpaired) electrons. The average molecular weight is 226 g/mol. The Bertz CT molecular complexity index is 157. The molecule has 0 heteroatoms. The molecule has 0 spiro atoms. The molecule has 0 aromatic rings. The fraction of sp³-hybridized carbons (Fsp3) is 1.00. The van der Waals surface area contributed by atoms with E-state index in [1.165, 1.54) is 44.9 Å². The summed E-state index contributed by atoms with van der Waals surface area (Å²) in [7, 11) is 0. The maximum absolute atomic E-state index is 2.49. The van der Waals surface area contributed by atoms with Crippen LogP contribution in [0.15, 0.2) is 0 Å². The molecule has 0 aromatic heterocycles. The van der Waals surface area contributed by atoms with Crippen LogP contribution in [-0.2, 0) is 0 Å². The number of hydrogen-bond donors (Lipinski definition) is 0. The van der Waals surface area contributed by atoms with E-state index in [2.05, 4.69) is 27.7 Å². The molecule has 1 aliphatic carbocycles. The molecule has 1 saturated carbocycles. The van der Waals surface area contributed by atoms with E-state index >= 15 is 0 Å². The van der Waals surface area contributed by atoms with Gasteiger partial charge in [0, 0.05) is 0 Å². The van der Waals surface area contributed by atoms with E-state index in [1.54, 1.807) is 0 Å².